The lowest BCUT2D eigenvalue weighted by molar-refractivity contribution is 0.0927. The molecule has 0 aromatic heterocycles. The molecular weight excluding hydrogens is 250 g/mol. The first-order valence-corrected chi connectivity index (χ1v) is 7.12. The Balaban J connectivity index is 1.99. The monoisotopic (exact) mass is 271 g/mol. The number of aliphatic hydroxyl groups excluding tert-OH is 1. The zero-order valence-corrected chi connectivity index (χ0v) is 12.0. The van der Waals surface area contributed by atoms with Crippen molar-refractivity contribution in [1.82, 2.24) is 5.32 Å². The zero-order valence-electron chi connectivity index (χ0n) is 12.0. The predicted molar refractivity (Wildman–Crippen MR) is 79.2 cm³/mol. The summed E-state index contributed by atoms with van der Waals surface area (Å²) < 4.78 is 0. The molecule has 0 aliphatic heterocycles. The molecule has 0 heterocycles. The van der Waals surface area contributed by atoms with E-state index in [9.17, 15) is 4.79 Å². The van der Waals surface area contributed by atoms with Crippen LogP contribution >= 0.6 is 0 Å². The van der Waals surface area contributed by atoms with Crippen LogP contribution in [-0.2, 0) is 0 Å². The fourth-order valence-corrected chi connectivity index (χ4v) is 2.67. The van der Waals surface area contributed by atoms with E-state index in [4.69, 9.17) is 5.11 Å². The molecular formula is C17H21NO2. The summed E-state index contributed by atoms with van der Waals surface area (Å²) in [6.07, 6.45) is 2.25. The molecule has 1 aliphatic carbocycles. The van der Waals surface area contributed by atoms with Crippen LogP contribution in [0.15, 0.2) is 24.3 Å². The highest BCUT2D eigenvalue weighted by atomic mass is 16.2. The summed E-state index contributed by atoms with van der Waals surface area (Å²) in [6, 6.07) is 7.45. The number of hydrogen-bond acceptors (Lipinski definition) is 2. The van der Waals surface area contributed by atoms with Gasteiger partial charge in [0.1, 0.15) is 6.61 Å². The van der Waals surface area contributed by atoms with E-state index >= 15 is 0 Å². The van der Waals surface area contributed by atoms with Crippen molar-refractivity contribution < 1.29 is 9.90 Å². The van der Waals surface area contributed by atoms with Gasteiger partial charge in [-0.2, -0.15) is 0 Å². The fourth-order valence-electron chi connectivity index (χ4n) is 2.67. The summed E-state index contributed by atoms with van der Waals surface area (Å²) >= 11 is 0. The van der Waals surface area contributed by atoms with Crippen molar-refractivity contribution in [3.63, 3.8) is 0 Å². The highest BCUT2D eigenvalue weighted by molar-refractivity contribution is 5.94. The predicted octanol–water partition coefficient (Wildman–Crippen LogP) is 2.19. The minimum atomic E-state index is -0.153. The van der Waals surface area contributed by atoms with Crippen LogP contribution in [0.5, 0.6) is 0 Å². The maximum atomic E-state index is 12.2. The molecule has 3 nitrogen and oxygen atoms in total. The fraction of sp³-hybridized carbons (Fsp3) is 0.471. The number of amides is 1. The SMILES string of the molecule is CC1CCC(NC(=O)c2ccc(C#CCO)cc2)C1C. The molecule has 2 N–H and O–H groups in total. The Morgan fingerprint density at radius 3 is 2.55 bits per heavy atom. The second-order valence-corrected chi connectivity index (χ2v) is 5.53. The van der Waals surface area contributed by atoms with E-state index < -0.39 is 0 Å². The number of carbonyl (C=O) groups excluding carboxylic acids is 1. The van der Waals surface area contributed by atoms with Gasteiger partial charge >= 0.3 is 0 Å². The van der Waals surface area contributed by atoms with Crippen molar-refractivity contribution in [2.75, 3.05) is 6.61 Å². The maximum Gasteiger partial charge on any atom is 0.251 e. The van der Waals surface area contributed by atoms with Gasteiger partial charge in [0.15, 0.2) is 0 Å². The Kier molecular flexibility index (Phi) is 4.81. The number of carbonyl (C=O) groups is 1. The molecule has 1 aromatic rings. The average molecular weight is 271 g/mol. The van der Waals surface area contributed by atoms with Crippen molar-refractivity contribution in [2.45, 2.75) is 32.7 Å². The number of hydrogen-bond donors (Lipinski definition) is 2. The lowest BCUT2D eigenvalue weighted by atomic mass is 9.97. The Morgan fingerprint density at radius 2 is 2.00 bits per heavy atom. The standard InChI is InChI=1S/C17H21NO2/c1-12-5-10-16(13(12)2)18-17(20)15-8-6-14(7-9-15)4-3-11-19/h6-9,12-13,16,19H,5,10-11H2,1-2H3,(H,18,20). The van der Waals surface area contributed by atoms with Gasteiger partial charge < -0.3 is 10.4 Å². The van der Waals surface area contributed by atoms with Crippen LogP contribution < -0.4 is 5.32 Å². The summed E-state index contributed by atoms with van der Waals surface area (Å²) in [7, 11) is 0. The molecule has 1 fully saturated rings. The van der Waals surface area contributed by atoms with Crippen LogP contribution in [0.2, 0.25) is 0 Å². The Hall–Kier alpha value is -1.79. The minimum absolute atomic E-state index is 0.0161. The van der Waals surface area contributed by atoms with Crippen LogP contribution in [0, 0.1) is 23.7 Å². The van der Waals surface area contributed by atoms with Crippen LogP contribution in [-0.4, -0.2) is 23.7 Å². The van der Waals surface area contributed by atoms with Crippen molar-refractivity contribution in [1.29, 1.82) is 0 Å². The summed E-state index contributed by atoms with van der Waals surface area (Å²) in [5.41, 5.74) is 1.46. The highest BCUT2D eigenvalue weighted by Crippen LogP contribution is 2.31. The van der Waals surface area contributed by atoms with Gasteiger partial charge in [-0.05, 0) is 48.9 Å². The summed E-state index contributed by atoms with van der Waals surface area (Å²) in [5, 5.41) is 11.8. The van der Waals surface area contributed by atoms with Crippen LogP contribution in [0.25, 0.3) is 0 Å². The highest BCUT2D eigenvalue weighted by Gasteiger charge is 2.30. The third-order valence-electron chi connectivity index (χ3n) is 4.24. The molecule has 1 aliphatic rings. The van der Waals surface area contributed by atoms with Gasteiger partial charge in [0.2, 0.25) is 0 Å². The molecule has 1 saturated carbocycles. The number of rotatable bonds is 2. The lowest BCUT2D eigenvalue weighted by Gasteiger charge is -2.19. The third-order valence-corrected chi connectivity index (χ3v) is 4.24. The number of nitrogens with one attached hydrogen (secondary N) is 1. The van der Waals surface area contributed by atoms with E-state index in [1.54, 1.807) is 24.3 Å². The Bertz CT molecular complexity index is 524. The second kappa shape index (κ2) is 6.58. The van der Waals surface area contributed by atoms with Crippen molar-refractivity contribution in [2.24, 2.45) is 11.8 Å². The van der Waals surface area contributed by atoms with Gasteiger partial charge in [0.05, 0.1) is 0 Å². The molecule has 3 unspecified atom stereocenters. The van der Waals surface area contributed by atoms with Gasteiger partial charge in [-0.1, -0.05) is 25.7 Å². The molecule has 1 aromatic carbocycles. The van der Waals surface area contributed by atoms with Gasteiger partial charge in [-0.3, -0.25) is 4.79 Å². The van der Waals surface area contributed by atoms with Gasteiger partial charge in [-0.15, -0.1) is 0 Å². The summed E-state index contributed by atoms with van der Waals surface area (Å²) in [5.74, 6) is 6.60. The minimum Gasteiger partial charge on any atom is -0.384 e. The van der Waals surface area contributed by atoms with E-state index in [1.807, 2.05) is 0 Å². The quantitative estimate of drug-likeness (QED) is 0.810. The van der Waals surface area contributed by atoms with Crippen LogP contribution in [0.4, 0.5) is 0 Å². The molecule has 0 spiro atoms. The molecule has 3 heteroatoms. The first kappa shape index (κ1) is 14.6. The van der Waals surface area contributed by atoms with E-state index in [-0.39, 0.29) is 18.6 Å². The lowest BCUT2D eigenvalue weighted by Crippen LogP contribution is -2.37. The topological polar surface area (TPSA) is 49.3 Å². The van der Waals surface area contributed by atoms with E-state index in [2.05, 4.69) is 31.0 Å². The molecule has 0 saturated heterocycles. The maximum absolute atomic E-state index is 12.2. The Labute approximate surface area is 120 Å². The first-order chi connectivity index (χ1) is 9.61. The summed E-state index contributed by atoms with van der Waals surface area (Å²) in [4.78, 5) is 12.2. The second-order valence-electron chi connectivity index (χ2n) is 5.53. The first-order valence-electron chi connectivity index (χ1n) is 7.12. The third kappa shape index (κ3) is 3.40. The van der Waals surface area contributed by atoms with Crippen molar-refractivity contribution >= 4 is 5.91 Å². The molecule has 106 valence electrons. The molecule has 0 bridgehead atoms. The Morgan fingerprint density at radius 1 is 1.30 bits per heavy atom. The smallest absolute Gasteiger partial charge is 0.251 e. The average Bonchev–Trinajstić information content (AvgIpc) is 2.77. The number of aliphatic hydroxyl groups is 1. The van der Waals surface area contributed by atoms with Gasteiger partial charge in [-0.25, -0.2) is 0 Å². The van der Waals surface area contributed by atoms with Crippen LogP contribution in [0.1, 0.15) is 42.6 Å². The van der Waals surface area contributed by atoms with E-state index in [0.29, 0.717) is 17.4 Å². The van der Waals surface area contributed by atoms with E-state index in [1.165, 1.54) is 6.42 Å². The molecule has 20 heavy (non-hydrogen) atoms. The molecule has 2 rings (SSSR count). The molecule has 0 radical (unpaired) electrons. The molecule has 3 atom stereocenters. The largest absolute Gasteiger partial charge is 0.384 e. The zero-order chi connectivity index (χ0) is 14.5. The normalized spacial score (nSPS) is 24.9. The van der Waals surface area contributed by atoms with Crippen molar-refractivity contribution in [3.05, 3.63) is 35.4 Å². The van der Waals surface area contributed by atoms with Crippen molar-refractivity contribution in [3.8, 4) is 11.8 Å². The summed E-state index contributed by atoms with van der Waals surface area (Å²) in [6.45, 7) is 4.29. The number of benzene rings is 1. The van der Waals surface area contributed by atoms with E-state index in [0.717, 1.165) is 12.0 Å². The van der Waals surface area contributed by atoms with Gasteiger partial charge in [0, 0.05) is 17.2 Å². The molecule has 1 amide bonds. The van der Waals surface area contributed by atoms with Gasteiger partial charge in [0.25, 0.3) is 5.91 Å². The van der Waals surface area contributed by atoms with Crippen LogP contribution in [0.3, 0.4) is 0 Å².